The van der Waals surface area contributed by atoms with Crippen LogP contribution < -0.4 is 10.1 Å². The van der Waals surface area contributed by atoms with Crippen molar-refractivity contribution in [3.63, 3.8) is 0 Å². The van der Waals surface area contributed by atoms with Gasteiger partial charge in [0.15, 0.2) is 11.4 Å². The third-order valence-electron chi connectivity index (χ3n) is 3.72. The number of nitrogens with one attached hydrogen (secondary N) is 1. The number of ether oxygens (including phenoxy) is 1. The summed E-state index contributed by atoms with van der Waals surface area (Å²) in [5, 5.41) is 7.14. The van der Waals surface area contributed by atoms with Gasteiger partial charge < -0.3 is 14.6 Å². The molecule has 0 unspecified atom stereocenters. The van der Waals surface area contributed by atoms with E-state index in [9.17, 15) is 9.18 Å². The average molecular weight is 357 g/mol. The van der Waals surface area contributed by atoms with E-state index in [4.69, 9.17) is 4.74 Å². The second-order valence-corrected chi connectivity index (χ2v) is 5.61. The highest BCUT2D eigenvalue weighted by atomic mass is 19.1. The molecule has 26 heavy (non-hydrogen) atoms. The van der Waals surface area contributed by atoms with Crippen molar-refractivity contribution in [2.45, 2.75) is 19.9 Å². The predicted molar refractivity (Wildman–Crippen MR) is 93.9 cm³/mol. The van der Waals surface area contributed by atoms with Crippen LogP contribution in [0.2, 0.25) is 0 Å². The molecule has 1 N–H and O–H groups in total. The lowest BCUT2D eigenvalue weighted by Gasteiger charge is -2.06. The van der Waals surface area contributed by atoms with Crippen LogP contribution in [0.5, 0.6) is 5.75 Å². The summed E-state index contributed by atoms with van der Waals surface area (Å²) in [4.78, 5) is 16.4. The fraction of sp³-hybridized carbons (Fsp3) is 0.278. The minimum Gasteiger partial charge on any atom is -0.490 e. The maximum atomic E-state index is 13.1. The lowest BCUT2D eigenvalue weighted by atomic mass is 10.3. The molecule has 136 valence electrons. The van der Waals surface area contributed by atoms with Crippen LogP contribution in [0.25, 0.3) is 5.69 Å². The number of imidazole rings is 1. The van der Waals surface area contributed by atoms with Crippen molar-refractivity contribution in [1.82, 2.24) is 24.6 Å². The van der Waals surface area contributed by atoms with Crippen LogP contribution in [-0.2, 0) is 6.54 Å². The lowest BCUT2D eigenvalue weighted by molar-refractivity contribution is 0.0943. The Morgan fingerprint density at radius 2 is 2.12 bits per heavy atom. The summed E-state index contributed by atoms with van der Waals surface area (Å²) in [5.41, 5.74) is 0.852. The first-order valence-corrected chi connectivity index (χ1v) is 8.39. The van der Waals surface area contributed by atoms with Gasteiger partial charge in [0.25, 0.3) is 5.91 Å². The molecule has 3 rings (SSSR count). The Morgan fingerprint density at radius 3 is 2.81 bits per heavy atom. The van der Waals surface area contributed by atoms with Crippen molar-refractivity contribution in [3.8, 4) is 11.4 Å². The van der Waals surface area contributed by atoms with Gasteiger partial charge in [0.1, 0.15) is 5.82 Å². The second-order valence-electron chi connectivity index (χ2n) is 5.61. The molecule has 0 atom stereocenters. The Hall–Kier alpha value is -3.16. The Labute approximate surface area is 150 Å². The van der Waals surface area contributed by atoms with E-state index in [1.807, 2.05) is 17.7 Å². The van der Waals surface area contributed by atoms with E-state index in [-0.39, 0.29) is 17.4 Å². The minimum absolute atomic E-state index is 0.207. The summed E-state index contributed by atoms with van der Waals surface area (Å²) in [5.74, 6) is -0.245. The number of carbonyl (C=O) groups excluding carboxylic acids is 1. The van der Waals surface area contributed by atoms with Crippen LogP contribution in [-0.4, -0.2) is 38.4 Å². The molecule has 0 bridgehead atoms. The average Bonchev–Trinajstić information content (AvgIpc) is 3.29. The standard InChI is InChI=1S/C18H20FN5O2/c1-2-26-16-12-24(15-6-4-14(19)5-7-15)22-17(16)18(25)21-8-3-10-23-11-9-20-13-23/h4-7,9,11-13H,2-3,8,10H2,1H3,(H,21,25). The van der Waals surface area contributed by atoms with Crippen molar-refractivity contribution < 1.29 is 13.9 Å². The molecule has 0 aliphatic heterocycles. The zero-order valence-electron chi connectivity index (χ0n) is 14.4. The zero-order valence-corrected chi connectivity index (χ0v) is 14.4. The number of nitrogens with zero attached hydrogens (tertiary/aromatic N) is 4. The summed E-state index contributed by atoms with van der Waals surface area (Å²) in [6, 6.07) is 5.86. The first-order chi connectivity index (χ1) is 12.7. The van der Waals surface area contributed by atoms with E-state index in [1.54, 1.807) is 30.9 Å². The van der Waals surface area contributed by atoms with Gasteiger partial charge in [-0.15, -0.1) is 0 Å². The smallest absolute Gasteiger partial charge is 0.275 e. The molecular formula is C18H20FN5O2. The quantitative estimate of drug-likeness (QED) is 0.629. The Kier molecular flexibility index (Phi) is 5.62. The van der Waals surface area contributed by atoms with Crippen molar-refractivity contribution in [2.75, 3.05) is 13.2 Å². The van der Waals surface area contributed by atoms with Gasteiger partial charge in [-0.3, -0.25) is 4.79 Å². The molecule has 0 aliphatic carbocycles. The van der Waals surface area contributed by atoms with Crippen LogP contribution in [0.4, 0.5) is 4.39 Å². The van der Waals surface area contributed by atoms with Crippen LogP contribution in [0.15, 0.2) is 49.2 Å². The van der Waals surface area contributed by atoms with Crippen molar-refractivity contribution in [3.05, 3.63) is 60.7 Å². The van der Waals surface area contributed by atoms with Gasteiger partial charge in [0.05, 0.1) is 24.8 Å². The van der Waals surface area contributed by atoms with Gasteiger partial charge in [0.2, 0.25) is 0 Å². The highest BCUT2D eigenvalue weighted by molar-refractivity contribution is 5.94. The monoisotopic (exact) mass is 357 g/mol. The lowest BCUT2D eigenvalue weighted by Crippen LogP contribution is -2.26. The Morgan fingerprint density at radius 1 is 1.31 bits per heavy atom. The van der Waals surface area contributed by atoms with Gasteiger partial charge >= 0.3 is 0 Å². The molecule has 8 heteroatoms. The van der Waals surface area contributed by atoms with Gasteiger partial charge in [-0.25, -0.2) is 14.1 Å². The minimum atomic E-state index is -0.332. The largest absolute Gasteiger partial charge is 0.490 e. The van der Waals surface area contributed by atoms with E-state index in [0.29, 0.717) is 24.6 Å². The van der Waals surface area contributed by atoms with Crippen molar-refractivity contribution in [2.24, 2.45) is 0 Å². The molecule has 7 nitrogen and oxygen atoms in total. The summed E-state index contributed by atoms with van der Waals surface area (Å²) < 4.78 is 22.1. The Bertz CT molecular complexity index is 843. The highest BCUT2D eigenvalue weighted by Gasteiger charge is 2.18. The normalized spacial score (nSPS) is 10.7. The summed E-state index contributed by atoms with van der Waals surface area (Å²) in [6.45, 7) is 3.52. The third-order valence-corrected chi connectivity index (χ3v) is 3.72. The second kappa shape index (κ2) is 8.28. The first-order valence-electron chi connectivity index (χ1n) is 8.39. The molecule has 2 aromatic heterocycles. The number of hydrogen-bond donors (Lipinski definition) is 1. The number of carbonyl (C=O) groups is 1. The van der Waals surface area contributed by atoms with Gasteiger partial charge in [-0.05, 0) is 37.6 Å². The molecule has 0 spiro atoms. The summed E-state index contributed by atoms with van der Waals surface area (Å²) in [6.07, 6.45) is 7.72. The van der Waals surface area contributed by atoms with Gasteiger partial charge in [-0.2, -0.15) is 5.10 Å². The van der Waals surface area contributed by atoms with E-state index in [1.165, 1.54) is 16.8 Å². The van der Waals surface area contributed by atoms with E-state index in [0.717, 1.165) is 13.0 Å². The molecule has 3 aromatic rings. The molecule has 0 saturated heterocycles. The van der Waals surface area contributed by atoms with Crippen LogP contribution in [0.1, 0.15) is 23.8 Å². The van der Waals surface area contributed by atoms with Crippen molar-refractivity contribution in [1.29, 1.82) is 0 Å². The fourth-order valence-corrected chi connectivity index (χ4v) is 2.47. The van der Waals surface area contributed by atoms with E-state index in [2.05, 4.69) is 15.4 Å². The number of amides is 1. The SMILES string of the molecule is CCOc1cn(-c2ccc(F)cc2)nc1C(=O)NCCCn1ccnc1. The molecule has 0 aliphatic rings. The number of rotatable bonds is 8. The van der Waals surface area contributed by atoms with Crippen LogP contribution >= 0.6 is 0 Å². The van der Waals surface area contributed by atoms with Crippen LogP contribution in [0.3, 0.4) is 0 Å². The molecule has 1 aromatic carbocycles. The summed E-state index contributed by atoms with van der Waals surface area (Å²) in [7, 11) is 0. The number of aryl methyl sites for hydroxylation is 1. The number of halogens is 1. The molecule has 0 saturated carbocycles. The summed E-state index contributed by atoms with van der Waals surface area (Å²) >= 11 is 0. The Balaban J connectivity index is 1.66. The van der Waals surface area contributed by atoms with Crippen molar-refractivity contribution >= 4 is 5.91 Å². The highest BCUT2D eigenvalue weighted by Crippen LogP contribution is 2.20. The molecule has 0 radical (unpaired) electrons. The topological polar surface area (TPSA) is 74.0 Å². The zero-order chi connectivity index (χ0) is 18.4. The number of benzene rings is 1. The van der Waals surface area contributed by atoms with E-state index >= 15 is 0 Å². The third kappa shape index (κ3) is 4.27. The maximum Gasteiger partial charge on any atom is 0.275 e. The molecule has 1 amide bonds. The number of aromatic nitrogens is 4. The van der Waals surface area contributed by atoms with Gasteiger partial charge in [-0.1, -0.05) is 0 Å². The predicted octanol–water partition coefficient (Wildman–Crippen LogP) is 2.43. The van der Waals surface area contributed by atoms with Crippen LogP contribution in [0, 0.1) is 5.82 Å². The molecular weight excluding hydrogens is 337 g/mol. The van der Waals surface area contributed by atoms with Gasteiger partial charge in [0, 0.05) is 25.5 Å². The number of hydrogen-bond acceptors (Lipinski definition) is 4. The van der Waals surface area contributed by atoms with E-state index < -0.39 is 0 Å². The molecule has 0 fully saturated rings. The maximum absolute atomic E-state index is 13.1. The molecule has 2 heterocycles. The first kappa shape index (κ1) is 17.7. The fourth-order valence-electron chi connectivity index (χ4n) is 2.47.